The Morgan fingerprint density at radius 1 is 1.29 bits per heavy atom. The molecule has 7 heteroatoms. The molecule has 1 aliphatic heterocycles. The lowest BCUT2D eigenvalue weighted by Gasteiger charge is -2.30. The molecule has 0 unspecified atom stereocenters. The predicted octanol–water partition coefficient (Wildman–Crippen LogP) is 2.41. The third-order valence-electron chi connectivity index (χ3n) is 5.28. The van der Waals surface area contributed by atoms with E-state index in [2.05, 4.69) is 10.1 Å². The quantitative estimate of drug-likeness (QED) is 0.928. The number of likely N-dealkylation sites (tertiary alicyclic amines) is 1. The molecule has 2 aromatic heterocycles. The van der Waals surface area contributed by atoms with E-state index in [-0.39, 0.29) is 11.8 Å². The summed E-state index contributed by atoms with van der Waals surface area (Å²) >= 11 is 0. The molecule has 1 amide bonds. The van der Waals surface area contributed by atoms with Crippen LogP contribution in [0.3, 0.4) is 0 Å². The summed E-state index contributed by atoms with van der Waals surface area (Å²) in [5, 5.41) is 4.14. The van der Waals surface area contributed by atoms with Crippen LogP contribution in [-0.4, -0.2) is 34.0 Å². The van der Waals surface area contributed by atoms with E-state index in [1.165, 1.54) is 12.5 Å². The lowest BCUT2D eigenvalue weighted by atomic mass is 9.95. The molecule has 2 aromatic rings. The van der Waals surface area contributed by atoms with E-state index >= 15 is 0 Å². The van der Waals surface area contributed by atoms with Gasteiger partial charge in [0.2, 0.25) is 5.89 Å². The minimum atomic E-state index is -0.417. The Kier molecular flexibility index (Phi) is 3.88. The standard InChI is InChI=1S/C17H22N4O3/c18-17(6-1-2-7-17)16-19-14(24-20-16)12-3-8-21(9-4-12)15(22)13-5-10-23-11-13/h5,10-12H,1-4,6-9,18H2. The van der Waals surface area contributed by atoms with Crippen LogP contribution in [-0.2, 0) is 5.54 Å². The highest BCUT2D eigenvalue weighted by atomic mass is 16.5. The van der Waals surface area contributed by atoms with Crippen LogP contribution < -0.4 is 5.73 Å². The Balaban J connectivity index is 1.39. The molecule has 0 bridgehead atoms. The average Bonchev–Trinajstić information content (AvgIpc) is 3.35. The molecule has 0 atom stereocenters. The smallest absolute Gasteiger partial charge is 0.257 e. The molecule has 7 nitrogen and oxygen atoms in total. The summed E-state index contributed by atoms with van der Waals surface area (Å²) in [7, 11) is 0. The Morgan fingerprint density at radius 2 is 2.04 bits per heavy atom. The summed E-state index contributed by atoms with van der Waals surface area (Å²) in [6, 6.07) is 1.70. The average molecular weight is 330 g/mol. The zero-order valence-corrected chi connectivity index (χ0v) is 13.6. The van der Waals surface area contributed by atoms with Crippen LogP contribution >= 0.6 is 0 Å². The van der Waals surface area contributed by atoms with E-state index in [4.69, 9.17) is 14.7 Å². The zero-order chi connectivity index (χ0) is 16.6. The summed E-state index contributed by atoms with van der Waals surface area (Å²) in [5.41, 5.74) is 6.57. The second-order valence-corrected chi connectivity index (χ2v) is 6.90. The minimum Gasteiger partial charge on any atom is -0.472 e. The number of furan rings is 1. The van der Waals surface area contributed by atoms with Crippen LogP contribution in [0.5, 0.6) is 0 Å². The number of carbonyl (C=O) groups is 1. The lowest BCUT2D eigenvalue weighted by Crippen LogP contribution is -2.38. The fourth-order valence-corrected chi connectivity index (χ4v) is 3.73. The van der Waals surface area contributed by atoms with Gasteiger partial charge in [-0.3, -0.25) is 4.79 Å². The first kappa shape index (κ1) is 15.4. The van der Waals surface area contributed by atoms with Crippen LogP contribution in [0.25, 0.3) is 0 Å². The molecule has 0 aromatic carbocycles. The van der Waals surface area contributed by atoms with Crippen molar-refractivity contribution in [3.05, 3.63) is 35.9 Å². The van der Waals surface area contributed by atoms with Crippen LogP contribution in [0.4, 0.5) is 0 Å². The van der Waals surface area contributed by atoms with Gasteiger partial charge in [0.1, 0.15) is 6.26 Å². The maximum absolute atomic E-state index is 12.3. The molecule has 2 N–H and O–H groups in total. The van der Waals surface area contributed by atoms with E-state index < -0.39 is 5.54 Å². The molecule has 4 rings (SSSR count). The molecule has 1 aliphatic carbocycles. The van der Waals surface area contributed by atoms with Gasteiger partial charge in [-0.05, 0) is 31.7 Å². The Bertz CT molecular complexity index is 695. The maximum Gasteiger partial charge on any atom is 0.257 e. The van der Waals surface area contributed by atoms with Crippen molar-refractivity contribution < 1.29 is 13.7 Å². The number of hydrogen-bond donors (Lipinski definition) is 1. The maximum atomic E-state index is 12.3. The number of rotatable bonds is 3. The first-order valence-electron chi connectivity index (χ1n) is 8.60. The van der Waals surface area contributed by atoms with Crippen molar-refractivity contribution in [1.29, 1.82) is 0 Å². The van der Waals surface area contributed by atoms with Crippen molar-refractivity contribution in [2.75, 3.05) is 13.1 Å². The second kappa shape index (κ2) is 6.05. The Hall–Kier alpha value is -2.15. The highest BCUT2D eigenvalue weighted by Gasteiger charge is 2.37. The van der Waals surface area contributed by atoms with Gasteiger partial charge in [-0.2, -0.15) is 4.98 Å². The molecular formula is C17H22N4O3. The van der Waals surface area contributed by atoms with Gasteiger partial charge >= 0.3 is 0 Å². The number of carbonyl (C=O) groups excluding carboxylic acids is 1. The monoisotopic (exact) mass is 330 g/mol. The predicted molar refractivity (Wildman–Crippen MR) is 85.2 cm³/mol. The molecule has 2 fully saturated rings. The van der Waals surface area contributed by atoms with Crippen LogP contribution in [0.15, 0.2) is 27.5 Å². The first-order chi connectivity index (χ1) is 11.7. The van der Waals surface area contributed by atoms with Crippen molar-refractivity contribution in [2.24, 2.45) is 5.73 Å². The van der Waals surface area contributed by atoms with E-state index in [0.717, 1.165) is 38.5 Å². The molecule has 1 saturated heterocycles. The number of amides is 1. The van der Waals surface area contributed by atoms with Crippen molar-refractivity contribution in [1.82, 2.24) is 15.0 Å². The SMILES string of the molecule is NC1(c2noc(C3CCN(C(=O)c4ccoc4)CC3)n2)CCCC1. The van der Waals surface area contributed by atoms with Gasteiger partial charge < -0.3 is 19.6 Å². The van der Waals surface area contributed by atoms with Gasteiger partial charge in [-0.1, -0.05) is 18.0 Å². The normalized spacial score (nSPS) is 21.3. The molecule has 0 spiro atoms. The van der Waals surface area contributed by atoms with Gasteiger partial charge in [0.25, 0.3) is 5.91 Å². The van der Waals surface area contributed by atoms with E-state index in [1.807, 2.05) is 4.90 Å². The topological polar surface area (TPSA) is 98.4 Å². The minimum absolute atomic E-state index is 0.0142. The third-order valence-corrected chi connectivity index (χ3v) is 5.28. The summed E-state index contributed by atoms with van der Waals surface area (Å²) in [6.45, 7) is 1.36. The molecule has 2 aliphatic rings. The largest absolute Gasteiger partial charge is 0.472 e. The fourth-order valence-electron chi connectivity index (χ4n) is 3.73. The second-order valence-electron chi connectivity index (χ2n) is 6.90. The summed E-state index contributed by atoms with van der Waals surface area (Å²) < 4.78 is 10.5. The fraction of sp³-hybridized carbons (Fsp3) is 0.588. The van der Waals surface area contributed by atoms with Gasteiger partial charge in [-0.15, -0.1) is 0 Å². The summed E-state index contributed by atoms with van der Waals surface area (Å²) in [4.78, 5) is 18.8. The Labute approximate surface area is 140 Å². The number of aromatic nitrogens is 2. The van der Waals surface area contributed by atoms with Gasteiger partial charge in [0.15, 0.2) is 5.82 Å². The summed E-state index contributed by atoms with van der Waals surface area (Å²) in [6.07, 6.45) is 8.73. The molecule has 24 heavy (non-hydrogen) atoms. The van der Waals surface area contributed by atoms with Crippen molar-refractivity contribution in [3.8, 4) is 0 Å². The molecule has 0 radical (unpaired) electrons. The number of nitrogens with two attached hydrogens (primary N) is 1. The van der Waals surface area contributed by atoms with E-state index in [1.54, 1.807) is 6.07 Å². The summed E-state index contributed by atoms with van der Waals surface area (Å²) in [5.74, 6) is 1.52. The van der Waals surface area contributed by atoms with Crippen LogP contribution in [0.1, 0.15) is 66.5 Å². The van der Waals surface area contributed by atoms with Gasteiger partial charge in [0.05, 0.1) is 17.4 Å². The first-order valence-corrected chi connectivity index (χ1v) is 8.60. The third kappa shape index (κ3) is 2.73. The zero-order valence-electron chi connectivity index (χ0n) is 13.6. The van der Waals surface area contributed by atoms with E-state index in [0.29, 0.717) is 30.4 Å². The van der Waals surface area contributed by atoms with Crippen LogP contribution in [0, 0.1) is 0 Å². The van der Waals surface area contributed by atoms with Crippen molar-refractivity contribution in [2.45, 2.75) is 50.0 Å². The highest BCUT2D eigenvalue weighted by molar-refractivity contribution is 5.93. The Morgan fingerprint density at radius 3 is 2.71 bits per heavy atom. The highest BCUT2D eigenvalue weighted by Crippen LogP contribution is 2.36. The number of nitrogens with zero attached hydrogens (tertiary/aromatic N) is 3. The molecule has 1 saturated carbocycles. The molecule has 3 heterocycles. The number of hydrogen-bond acceptors (Lipinski definition) is 6. The van der Waals surface area contributed by atoms with Crippen molar-refractivity contribution >= 4 is 5.91 Å². The van der Waals surface area contributed by atoms with Gasteiger partial charge in [0, 0.05) is 19.0 Å². The van der Waals surface area contributed by atoms with Crippen molar-refractivity contribution in [3.63, 3.8) is 0 Å². The molecular weight excluding hydrogens is 308 g/mol. The van der Waals surface area contributed by atoms with Gasteiger partial charge in [-0.25, -0.2) is 0 Å². The lowest BCUT2D eigenvalue weighted by molar-refractivity contribution is 0.0704. The van der Waals surface area contributed by atoms with E-state index in [9.17, 15) is 4.79 Å². The number of piperidine rings is 1. The van der Waals surface area contributed by atoms with Crippen LogP contribution in [0.2, 0.25) is 0 Å². The molecule has 128 valence electrons.